The van der Waals surface area contributed by atoms with Gasteiger partial charge in [-0.05, 0) is 34.6 Å². The molecule has 0 saturated heterocycles. The largest absolute Gasteiger partial charge is 0.478 e. The van der Waals surface area contributed by atoms with Crippen molar-refractivity contribution in [2.24, 2.45) is 0 Å². The van der Waals surface area contributed by atoms with Crippen LogP contribution in [0.3, 0.4) is 0 Å². The Hall–Kier alpha value is -1.66. The molecule has 0 fully saturated rings. The summed E-state index contributed by atoms with van der Waals surface area (Å²) in [5.41, 5.74) is 1.68. The summed E-state index contributed by atoms with van der Waals surface area (Å²) in [5.74, 6) is -1.67. The molecule has 0 aliphatic rings. The number of hydrogen-bond donors (Lipinski definition) is 4. The van der Waals surface area contributed by atoms with Gasteiger partial charge in [0.1, 0.15) is 0 Å². The second-order valence-corrected chi connectivity index (χ2v) is 3.65. The van der Waals surface area contributed by atoms with E-state index in [0.29, 0.717) is 11.1 Å². The molecule has 0 atom stereocenters. The van der Waals surface area contributed by atoms with Gasteiger partial charge in [0, 0.05) is 11.1 Å². The quantitative estimate of drug-likeness (QED) is 0.580. The van der Waals surface area contributed by atoms with Crippen molar-refractivity contribution in [3.05, 3.63) is 22.8 Å². The van der Waals surface area contributed by atoms with Gasteiger partial charge >= 0.3 is 11.9 Å². The summed E-state index contributed by atoms with van der Waals surface area (Å²) in [6, 6.07) is 0. The summed E-state index contributed by atoms with van der Waals surface area (Å²) < 4.78 is 0. The molecule has 6 heteroatoms. The zero-order valence-electron chi connectivity index (χ0n) is 12.1. The van der Waals surface area contributed by atoms with Crippen LogP contribution in [0.1, 0.15) is 34.6 Å². The van der Waals surface area contributed by atoms with Crippen LogP contribution in [0.5, 0.6) is 0 Å². The second-order valence-electron chi connectivity index (χ2n) is 3.65. The molecule has 0 heterocycles. The lowest BCUT2D eigenvalue weighted by Crippen LogP contribution is -1.97. The van der Waals surface area contributed by atoms with E-state index in [1.54, 1.807) is 40.7 Å². The highest BCUT2D eigenvalue weighted by Gasteiger charge is 1.99. The van der Waals surface area contributed by atoms with E-state index in [-0.39, 0.29) is 13.2 Å². The van der Waals surface area contributed by atoms with E-state index in [4.69, 9.17) is 20.4 Å². The molecular formula is C13H24O6. The van der Waals surface area contributed by atoms with Crippen LogP contribution >= 0.6 is 0 Å². The van der Waals surface area contributed by atoms with E-state index < -0.39 is 11.9 Å². The topological polar surface area (TPSA) is 115 Å². The minimum absolute atomic E-state index is 0.125. The number of aliphatic hydroxyl groups is 2. The van der Waals surface area contributed by atoms with Crippen molar-refractivity contribution in [2.45, 2.75) is 34.6 Å². The van der Waals surface area contributed by atoms with Crippen molar-refractivity contribution < 1.29 is 30.0 Å². The highest BCUT2D eigenvalue weighted by molar-refractivity contribution is 5.86. The van der Waals surface area contributed by atoms with E-state index in [9.17, 15) is 9.59 Å². The van der Waals surface area contributed by atoms with Gasteiger partial charge in [0.25, 0.3) is 0 Å². The third-order valence-electron chi connectivity index (χ3n) is 1.94. The summed E-state index contributed by atoms with van der Waals surface area (Å²) in [5, 5.41) is 31.7. The lowest BCUT2D eigenvalue weighted by molar-refractivity contribution is -0.133. The fourth-order valence-electron chi connectivity index (χ4n) is 0.337. The average Bonchev–Trinajstić information content (AvgIpc) is 2.37. The van der Waals surface area contributed by atoms with Gasteiger partial charge in [-0.15, -0.1) is 0 Å². The van der Waals surface area contributed by atoms with Crippen molar-refractivity contribution in [2.75, 3.05) is 13.2 Å². The van der Waals surface area contributed by atoms with Crippen LogP contribution in [0, 0.1) is 0 Å². The zero-order valence-corrected chi connectivity index (χ0v) is 12.1. The summed E-state index contributed by atoms with van der Waals surface area (Å²) in [6.07, 6.45) is 1.56. The van der Waals surface area contributed by atoms with Crippen LogP contribution in [0.25, 0.3) is 0 Å². The second kappa shape index (κ2) is 14.4. The van der Waals surface area contributed by atoms with Crippen molar-refractivity contribution in [1.82, 2.24) is 0 Å². The van der Waals surface area contributed by atoms with E-state index in [1.165, 1.54) is 0 Å². The molecule has 0 rings (SSSR count). The Morgan fingerprint density at radius 1 is 0.895 bits per heavy atom. The first-order valence-electron chi connectivity index (χ1n) is 5.60. The van der Waals surface area contributed by atoms with Crippen LogP contribution in [-0.2, 0) is 9.59 Å². The number of allylic oxidation sites excluding steroid dienone is 2. The Bertz CT molecular complexity index is 322. The maximum Gasteiger partial charge on any atom is 0.331 e. The van der Waals surface area contributed by atoms with Gasteiger partial charge in [0.2, 0.25) is 0 Å². The Balaban J connectivity index is -0.000000214. The SMILES string of the molecule is CC(C)=C(C)C(=O)O.CC=C(C)C(=O)O.OCCO. The van der Waals surface area contributed by atoms with Gasteiger partial charge in [-0.3, -0.25) is 0 Å². The van der Waals surface area contributed by atoms with E-state index in [0.717, 1.165) is 5.57 Å². The molecule has 0 saturated carbocycles. The molecule has 4 N–H and O–H groups in total. The molecule has 0 bridgehead atoms. The highest BCUT2D eigenvalue weighted by Crippen LogP contribution is 1.99. The fourth-order valence-corrected chi connectivity index (χ4v) is 0.337. The summed E-state index contributed by atoms with van der Waals surface area (Å²) in [6.45, 7) is 8.16. The van der Waals surface area contributed by atoms with Gasteiger partial charge in [-0.2, -0.15) is 0 Å². The van der Waals surface area contributed by atoms with E-state index >= 15 is 0 Å². The van der Waals surface area contributed by atoms with Crippen molar-refractivity contribution in [1.29, 1.82) is 0 Å². The minimum atomic E-state index is -0.845. The van der Waals surface area contributed by atoms with Crippen LogP contribution in [0.15, 0.2) is 22.8 Å². The lowest BCUT2D eigenvalue weighted by Gasteiger charge is -1.92. The molecular weight excluding hydrogens is 252 g/mol. The molecule has 0 aromatic carbocycles. The summed E-state index contributed by atoms with van der Waals surface area (Å²) >= 11 is 0. The number of carbonyl (C=O) groups is 2. The number of aliphatic hydroxyl groups excluding tert-OH is 2. The third-order valence-corrected chi connectivity index (χ3v) is 1.94. The van der Waals surface area contributed by atoms with Gasteiger partial charge in [-0.25, -0.2) is 9.59 Å². The number of carboxylic acid groups (broad SMARTS) is 2. The predicted octanol–water partition coefficient (Wildman–Crippen LogP) is 1.44. The number of carboxylic acids is 2. The van der Waals surface area contributed by atoms with Gasteiger partial charge in [0.15, 0.2) is 0 Å². The smallest absolute Gasteiger partial charge is 0.331 e. The average molecular weight is 276 g/mol. The minimum Gasteiger partial charge on any atom is -0.478 e. The van der Waals surface area contributed by atoms with Crippen molar-refractivity contribution >= 4 is 11.9 Å². The van der Waals surface area contributed by atoms with Crippen molar-refractivity contribution in [3.63, 3.8) is 0 Å². The van der Waals surface area contributed by atoms with E-state index in [2.05, 4.69) is 0 Å². The fraction of sp³-hybridized carbons (Fsp3) is 0.538. The van der Waals surface area contributed by atoms with E-state index in [1.807, 2.05) is 0 Å². The van der Waals surface area contributed by atoms with Crippen molar-refractivity contribution in [3.8, 4) is 0 Å². The molecule has 0 unspecified atom stereocenters. The Morgan fingerprint density at radius 2 is 1.26 bits per heavy atom. The maximum atomic E-state index is 10.1. The van der Waals surface area contributed by atoms with Crippen LogP contribution < -0.4 is 0 Å². The molecule has 0 aromatic rings. The van der Waals surface area contributed by atoms with Gasteiger partial charge < -0.3 is 20.4 Å². The Labute approximate surface area is 113 Å². The molecule has 112 valence electrons. The molecule has 0 aliphatic heterocycles. The highest BCUT2D eigenvalue weighted by atomic mass is 16.4. The molecule has 0 amide bonds. The normalized spacial score (nSPS) is 9.32. The monoisotopic (exact) mass is 276 g/mol. The van der Waals surface area contributed by atoms with Crippen LogP contribution in [-0.4, -0.2) is 45.6 Å². The number of aliphatic carboxylic acids is 2. The first kappa shape index (κ1) is 22.5. The molecule has 0 aliphatic carbocycles. The molecule has 0 spiro atoms. The molecule has 19 heavy (non-hydrogen) atoms. The van der Waals surface area contributed by atoms with Crippen LogP contribution in [0.2, 0.25) is 0 Å². The lowest BCUT2D eigenvalue weighted by atomic mass is 10.2. The standard InChI is InChI=1S/C6H10O2.C5H8O2.C2H6O2/c1-4(2)5(3)6(7)8;1-3-4(2)5(6)7;3-1-2-4/h1-3H3,(H,7,8);3H,1-2H3,(H,6,7);3-4H,1-2H2. The molecule has 6 nitrogen and oxygen atoms in total. The third kappa shape index (κ3) is 18.9. The summed E-state index contributed by atoms with van der Waals surface area (Å²) in [7, 11) is 0. The zero-order chi connectivity index (χ0) is 16.0. The first-order valence-corrected chi connectivity index (χ1v) is 5.60. The van der Waals surface area contributed by atoms with Gasteiger partial charge in [-0.1, -0.05) is 11.6 Å². The van der Waals surface area contributed by atoms with Crippen LogP contribution in [0.4, 0.5) is 0 Å². The Morgan fingerprint density at radius 3 is 1.26 bits per heavy atom. The Kier molecular flexibility index (Phi) is 17.1. The first-order chi connectivity index (χ1) is 8.65. The van der Waals surface area contributed by atoms with Gasteiger partial charge in [0.05, 0.1) is 13.2 Å². The maximum absolute atomic E-state index is 10.1. The number of rotatable bonds is 3. The summed E-state index contributed by atoms with van der Waals surface area (Å²) in [4.78, 5) is 19.9. The molecule has 0 radical (unpaired) electrons. The predicted molar refractivity (Wildman–Crippen MR) is 72.9 cm³/mol. The molecule has 0 aromatic heterocycles. The number of hydrogen-bond acceptors (Lipinski definition) is 4.